The van der Waals surface area contributed by atoms with Crippen LogP contribution in [0.5, 0.6) is 5.75 Å². The summed E-state index contributed by atoms with van der Waals surface area (Å²) in [6, 6.07) is 14.2. The van der Waals surface area contributed by atoms with Crippen LogP contribution in [0.3, 0.4) is 0 Å². The molecule has 3 aromatic heterocycles. The summed E-state index contributed by atoms with van der Waals surface area (Å²) < 4.78 is 28.2. The zero-order chi connectivity index (χ0) is 25.7. The number of phenols is 1. The van der Waals surface area contributed by atoms with Crippen molar-refractivity contribution in [3.05, 3.63) is 72.8 Å². The van der Waals surface area contributed by atoms with Crippen LogP contribution in [0.4, 0.5) is 20.3 Å². The molecule has 5 aromatic rings. The molecular formula is C26H21F2N7O2. The summed E-state index contributed by atoms with van der Waals surface area (Å²) in [5.41, 5.74) is 3.96. The molecule has 0 spiro atoms. The van der Waals surface area contributed by atoms with Gasteiger partial charge in [-0.3, -0.25) is 9.89 Å². The van der Waals surface area contributed by atoms with Gasteiger partial charge in [0.1, 0.15) is 17.3 Å². The third-order valence-electron chi connectivity index (χ3n) is 6.40. The van der Waals surface area contributed by atoms with Crippen LogP contribution in [0.2, 0.25) is 0 Å². The summed E-state index contributed by atoms with van der Waals surface area (Å²) in [4.78, 5) is 22.8. The maximum atomic E-state index is 13.2. The number of carbonyl (C=O) groups excluding carboxylic acids is 1. The van der Waals surface area contributed by atoms with E-state index >= 15 is 0 Å². The number of nitrogens with one attached hydrogen (secondary N) is 2. The fourth-order valence-corrected chi connectivity index (χ4v) is 4.42. The predicted octanol–water partition coefficient (Wildman–Crippen LogP) is 4.57. The SMILES string of the molecule is Cn1c(C(=O)N2CC(F)(F)C2)cc2ccc(-c3nccc(Nc4ccc(-c5cn[nH]c5)cc4O)n3)cc21. The first-order valence-electron chi connectivity index (χ1n) is 11.5. The van der Waals surface area contributed by atoms with Crippen molar-refractivity contribution in [3.8, 4) is 28.3 Å². The van der Waals surface area contributed by atoms with Crippen molar-refractivity contribution in [2.45, 2.75) is 5.92 Å². The molecule has 37 heavy (non-hydrogen) atoms. The van der Waals surface area contributed by atoms with Gasteiger partial charge in [-0.1, -0.05) is 18.2 Å². The zero-order valence-electron chi connectivity index (χ0n) is 19.6. The summed E-state index contributed by atoms with van der Waals surface area (Å²) in [7, 11) is 1.73. The van der Waals surface area contributed by atoms with Crippen LogP contribution < -0.4 is 5.32 Å². The van der Waals surface area contributed by atoms with Crippen molar-refractivity contribution in [2.24, 2.45) is 7.05 Å². The Bertz CT molecular complexity index is 1640. The number of aromatic nitrogens is 5. The quantitative estimate of drug-likeness (QED) is 0.304. The van der Waals surface area contributed by atoms with Gasteiger partial charge in [-0.2, -0.15) is 5.10 Å². The molecule has 186 valence electrons. The Kier molecular flexibility index (Phi) is 5.14. The van der Waals surface area contributed by atoms with E-state index < -0.39 is 24.9 Å². The molecule has 1 aliphatic rings. The maximum absolute atomic E-state index is 13.2. The number of fused-ring (bicyclic) bond motifs is 1. The van der Waals surface area contributed by atoms with Crippen molar-refractivity contribution >= 4 is 28.3 Å². The predicted molar refractivity (Wildman–Crippen MR) is 134 cm³/mol. The number of rotatable bonds is 5. The molecule has 11 heteroatoms. The smallest absolute Gasteiger partial charge is 0.282 e. The number of amides is 1. The van der Waals surface area contributed by atoms with E-state index in [-0.39, 0.29) is 5.75 Å². The highest BCUT2D eigenvalue weighted by molar-refractivity contribution is 6.00. The van der Waals surface area contributed by atoms with Crippen LogP contribution in [0, 0.1) is 0 Å². The normalized spacial score (nSPS) is 14.5. The Morgan fingerprint density at radius 2 is 1.89 bits per heavy atom. The largest absolute Gasteiger partial charge is 0.506 e. The highest BCUT2D eigenvalue weighted by Crippen LogP contribution is 2.33. The van der Waals surface area contributed by atoms with Crippen LogP contribution in [0.15, 0.2) is 67.1 Å². The maximum Gasteiger partial charge on any atom is 0.282 e. The van der Waals surface area contributed by atoms with Crippen molar-refractivity contribution in [1.29, 1.82) is 0 Å². The lowest BCUT2D eigenvalue weighted by atomic mass is 10.1. The van der Waals surface area contributed by atoms with Crippen LogP contribution in [-0.2, 0) is 7.05 Å². The lowest BCUT2D eigenvalue weighted by Crippen LogP contribution is -2.58. The van der Waals surface area contributed by atoms with Gasteiger partial charge in [0.2, 0.25) is 0 Å². The first-order chi connectivity index (χ1) is 17.8. The second kappa shape index (κ2) is 8.40. The molecule has 0 bridgehead atoms. The average Bonchev–Trinajstić information content (AvgIpc) is 3.52. The molecule has 1 saturated heterocycles. The van der Waals surface area contributed by atoms with Gasteiger partial charge in [-0.15, -0.1) is 0 Å². The number of likely N-dealkylation sites (tertiary alicyclic amines) is 1. The molecule has 6 rings (SSSR count). The number of H-pyrrole nitrogens is 1. The molecule has 1 aliphatic heterocycles. The Morgan fingerprint density at radius 1 is 1.08 bits per heavy atom. The van der Waals surface area contributed by atoms with Crippen LogP contribution in [0.25, 0.3) is 33.4 Å². The van der Waals surface area contributed by atoms with E-state index in [0.29, 0.717) is 28.6 Å². The monoisotopic (exact) mass is 501 g/mol. The molecule has 1 amide bonds. The van der Waals surface area contributed by atoms with Gasteiger partial charge in [0, 0.05) is 41.5 Å². The summed E-state index contributed by atoms with van der Waals surface area (Å²) in [6.07, 6.45) is 5.02. The number of aryl methyl sites for hydroxylation is 1. The lowest BCUT2D eigenvalue weighted by Gasteiger charge is -2.38. The Hall–Kier alpha value is -4.80. The molecule has 0 radical (unpaired) electrons. The molecule has 0 atom stereocenters. The van der Waals surface area contributed by atoms with Gasteiger partial charge < -0.3 is 19.9 Å². The first-order valence-corrected chi connectivity index (χ1v) is 11.5. The number of anilines is 2. The molecule has 4 heterocycles. The van der Waals surface area contributed by atoms with E-state index in [1.54, 1.807) is 54.5 Å². The molecule has 9 nitrogen and oxygen atoms in total. The third kappa shape index (κ3) is 4.14. The molecule has 0 unspecified atom stereocenters. The second-order valence-electron chi connectivity index (χ2n) is 8.99. The number of halogens is 2. The molecule has 1 fully saturated rings. The van der Waals surface area contributed by atoms with E-state index in [2.05, 4.69) is 25.5 Å². The third-order valence-corrected chi connectivity index (χ3v) is 6.40. The minimum absolute atomic E-state index is 0.0567. The summed E-state index contributed by atoms with van der Waals surface area (Å²) in [5, 5.41) is 21.1. The van der Waals surface area contributed by atoms with Gasteiger partial charge in [-0.05, 0) is 35.9 Å². The number of phenolic OH excluding ortho intramolecular Hbond substituents is 1. The van der Waals surface area contributed by atoms with Gasteiger partial charge in [0.15, 0.2) is 5.82 Å². The topological polar surface area (TPSA) is 112 Å². The first kappa shape index (κ1) is 22.7. The number of carbonyl (C=O) groups is 1. The number of hydrogen-bond donors (Lipinski definition) is 3. The number of aromatic amines is 1. The van der Waals surface area contributed by atoms with E-state index in [1.165, 1.54) is 0 Å². The van der Waals surface area contributed by atoms with Crippen LogP contribution >= 0.6 is 0 Å². The van der Waals surface area contributed by atoms with E-state index in [4.69, 9.17) is 0 Å². The molecule has 0 saturated carbocycles. The van der Waals surface area contributed by atoms with E-state index in [0.717, 1.165) is 26.9 Å². The molecule has 2 aromatic carbocycles. The number of nitrogens with zero attached hydrogens (tertiary/aromatic N) is 5. The molecule has 3 N–H and O–H groups in total. The van der Waals surface area contributed by atoms with Crippen molar-refractivity contribution in [2.75, 3.05) is 18.4 Å². The number of alkyl halides is 2. The summed E-state index contributed by atoms with van der Waals surface area (Å²) in [5.74, 6) is -2.26. The van der Waals surface area contributed by atoms with Gasteiger partial charge in [0.25, 0.3) is 11.8 Å². The second-order valence-corrected chi connectivity index (χ2v) is 8.99. The van der Waals surface area contributed by atoms with Gasteiger partial charge in [0.05, 0.1) is 25.0 Å². The number of hydrogen-bond acceptors (Lipinski definition) is 6. The minimum Gasteiger partial charge on any atom is -0.506 e. The zero-order valence-corrected chi connectivity index (χ0v) is 19.6. The Balaban J connectivity index is 1.26. The number of benzene rings is 2. The lowest BCUT2D eigenvalue weighted by molar-refractivity contribution is -0.113. The number of aromatic hydroxyl groups is 1. The van der Waals surface area contributed by atoms with Gasteiger partial charge >= 0.3 is 0 Å². The molecule has 0 aliphatic carbocycles. The average molecular weight is 501 g/mol. The highest BCUT2D eigenvalue weighted by atomic mass is 19.3. The van der Waals surface area contributed by atoms with Crippen molar-refractivity contribution < 1.29 is 18.7 Å². The Morgan fingerprint density at radius 3 is 2.62 bits per heavy atom. The van der Waals surface area contributed by atoms with E-state index in [1.807, 2.05) is 24.3 Å². The minimum atomic E-state index is -2.82. The van der Waals surface area contributed by atoms with Crippen molar-refractivity contribution in [3.63, 3.8) is 0 Å². The summed E-state index contributed by atoms with van der Waals surface area (Å²) >= 11 is 0. The fourth-order valence-electron chi connectivity index (χ4n) is 4.42. The molecular weight excluding hydrogens is 480 g/mol. The van der Waals surface area contributed by atoms with Gasteiger partial charge in [-0.25, -0.2) is 18.7 Å². The van der Waals surface area contributed by atoms with Crippen LogP contribution in [-0.4, -0.2) is 59.7 Å². The standard InChI is InChI=1S/C26H21F2N7O2/c1-34-20-9-17(3-2-16(20)8-21(34)25(37)35-13-26(27,28)14-35)24-29-7-6-23(33-24)32-19-5-4-15(10-22(19)36)18-11-30-31-12-18/h2-12,36H,13-14H2,1H3,(H,30,31)(H,29,32,33). The fraction of sp³-hybridized carbons (Fsp3) is 0.154. The van der Waals surface area contributed by atoms with Crippen LogP contribution in [0.1, 0.15) is 10.5 Å². The summed E-state index contributed by atoms with van der Waals surface area (Å²) in [6.45, 7) is -1.12. The van der Waals surface area contributed by atoms with Crippen molar-refractivity contribution in [1.82, 2.24) is 29.6 Å². The highest BCUT2D eigenvalue weighted by Gasteiger charge is 2.46. The Labute approximate surface area is 209 Å². The van der Waals surface area contributed by atoms with E-state index in [9.17, 15) is 18.7 Å².